The Kier molecular flexibility index (Phi) is 5.68. The maximum Gasteiger partial charge on any atom is 0.262 e. The Hall–Kier alpha value is -2.65. The van der Waals surface area contributed by atoms with Crippen molar-refractivity contribution in [2.24, 2.45) is 0 Å². The van der Waals surface area contributed by atoms with Crippen molar-refractivity contribution in [3.05, 3.63) is 63.2 Å². The zero-order valence-corrected chi connectivity index (χ0v) is 18.2. The molecule has 29 heavy (non-hydrogen) atoms. The molecule has 0 saturated carbocycles. The normalized spacial score (nSPS) is 11.1. The Balaban J connectivity index is 1.61. The first-order valence-corrected chi connectivity index (χ1v) is 10.7. The number of ether oxygens (including phenoxy) is 1. The van der Waals surface area contributed by atoms with Gasteiger partial charge >= 0.3 is 0 Å². The van der Waals surface area contributed by atoms with Crippen molar-refractivity contribution in [3.63, 3.8) is 0 Å². The second-order valence-corrected chi connectivity index (χ2v) is 7.96. The van der Waals surface area contributed by atoms with Gasteiger partial charge in [-0.1, -0.05) is 45.0 Å². The fourth-order valence-corrected chi connectivity index (χ4v) is 4.20. The van der Waals surface area contributed by atoms with Crippen LogP contribution in [-0.2, 0) is 12.3 Å². The highest BCUT2D eigenvalue weighted by Crippen LogP contribution is 2.28. The van der Waals surface area contributed by atoms with Crippen LogP contribution in [0.5, 0.6) is 5.75 Å². The molecule has 0 unspecified atom stereocenters. The molecule has 4 rings (SSSR count). The Morgan fingerprint density at radius 2 is 2.03 bits per heavy atom. The highest BCUT2D eigenvalue weighted by molar-refractivity contribution is 9.10. The van der Waals surface area contributed by atoms with Crippen molar-refractivity contribution in [2.45, 2.75) is 24.4 Å². The number of benzene rings is 2. The number of rotatable bonds is 6. The molecule has 0 fully saturated rings. The van der Waals surface area contributed by atoms with Crippen LogP contribution in [0.4, 0.5) is 0 Å². The third kappa shape index (κ3) is 3.92. The maximum atomic E-state index is 12.8. The Bertz CT molecular complexity index is 1240. The lowest BCUT2D eigenvalue weighted by molar-refractivity contribution is 0.390. The molecule has 0 bridgehead atoms. The summed E-state index contributed by atoms with van der Waals surface area (Å²) in [7, 11) is 1.60. The standard InChI is InChI=1S/C20H17BrN4O3S/c1-3-25-19(26)14-10-12(21)8-9-15(14)22-20(25)29-11-17-23-18(24-28-17)13-6-4-5-7-16(13)27-2/h4-10H,3,11H2,1-2H3. The second kappa shape index (κ2) is 8.38. The van der Waals surface area contributed by atoms with Crippen LogP contribution in [0.3, 0.4) is 0 Å². The van der Waals surface area contributed by atoms with Crippen molar-refractivity contribution in [3.8, 4) is 17.1 Å². The number of fused-ring (bicyclic) bond motifs is 1. The number of methoxy groups -OCH3 is 1. The van der Waals surface area contributed by atoms with Gasteiger partial charge in [-0.3, -0.25) is 9.36 Å². The van der Waals surface area contributed by atoms with Gasteiger partial charge in [0.15, 0.2) is 5.16 Å². The number of thioether (sulfide) groups is 1. The van der Waals surface area contributed by atoms with Crippen LogP contribution in [-0.4, -0.2) is 26.8 Å². The summed E-state index contributed by atoms with van der Waals surface area (Å²) in [5.41, 5.74) is 1.35. The van der Waals surface area contributed by atoms with Crippen LogP contribution in [0.25, 0.3) is 22.3 Å². The predicted molar refractivity (Wildman–Crippen MR) is 115 cm³/mol. The van der Waals surface area contributed by atoms with Gasteiger partial charge in [-0.15, -0.1) is 0 Å². The molecule has 0 aliphatic carbocycles. The van der Waals surface area contributed by atoms with Crippen LogP contribution in [0, 0.1) is 0 Å². The molecule has 0 aliphatic rings. The highest BCUT2D eigenvalue weighted by Gasteiger charge is 2.15. The molecule has 0 saturated heterocycles. The van der Waals surface area contributed by atoms with Gasteiger partial charge in [0.1, 0.15) is 5.75 Å². The van der Waals surface area contributed by atoms with E-state index in [9.17, 15) is 4.79 Å². The molecule has 0 spiro atoms. The Morgan fingerprint density at radius 3 is 2.83 bits per heavy atom. The van der Waals surface area contributed by atoms with E-state index < -0.39 is 0 Å². The maximum absolute atomic E-state index is 12.8. The minimum Gasteiger partial charge on any atom is -0.496 e. The molecule has 2 heterocycles. The molecular weight excluding hydrogens is 456 g/mol. The average molecular weight is 473 g/mol. The summed E-state index contributed by atoms with van der Waals surface area (Å²) < 4.78 is 13.2. The van der Waals surface area contributed by atoms with E-state index >= 15 is 0 Å². The van der Waals surface area contributed by atoms with Crippen molar-refractivity contribution < 1.29 is 9.26 Å². The quantitative estimate of drug-likeness (QED) is 0.301. The predicted octanol–water partition coefficient (Wildman–Crippen LogP) is 4.53. The van der Waals surface area contributed by atoms with E-state index in [1.807, 2.05) is 43.3 Å². The van der Waals surface area contributed by atoms with Gasteiger partial charge in [0.25, 0.3) is 5.56 Å². The van der Waals surface area contributed by atoms with E-state index in [1.165, 1.54) is 11.8 Å². The van der Waals surface area contributed by atoms with E-state index in [1.54, 1.807) is 17.7 Å². The molecule has 2 aromatic carbocycles. The monoisotopic (exact) mass is 472 g/mol. The first-order chi connectivity index (χ1) is 14.1. The third-order valence-electron chi connectivity index (χ3n) is 4.34. The van der Waals surface area contributed by atoms with Crippen LogP contribution in [0.1, 0.15) is 12.8 Å². The van der Waals surface area contributed by atoms with Gasteiger partial charge in [-0.2, -0.15) is 4.98 Å². The van der Waals surface area contributed by atoms with Gasteiger partial charge in [0.05, 0.1) is 29.3 Å². The molecular formula is C20H17BrN4O3S. The van der Waals surface area contributed by atoms with Gasteiger partial charge in [0.2, 0.25) is 11.7 Å². The third-order valence-corrected chi connectivity index (χ3v) is 5.79. The van der Waals surface area contributed by atoms with Crippen molar-refractivity contribution >= 4 is 38.6 Å². The van der Waals surface area contributed by atoms with E-state index in [4.69, 9.17) is 9.26 Å². The second-order valence-electron chi connectivity index (χ2n) is 6.11. The van der Waals surface area contributed by atoms with Crippen molar-refractivity contribution in [1.82, 2.24) is 19.7 Å². The summed E-state index contributed by atoms with van der Waals surface area (Å²) in [6.45, 7) is 2.44. The summed E-state index contributed by atoms with van der Waals surface area (Å²) in [4.78, 5) is 21.9. The van der Waals surface area contributed by atoms with Crippen LogP contribution in [0.2, 0.25) is 0 Å². The van der Waals surface area contributed by atoms with Crippen LogP contribution in [0.15, 0.2) is 61.4 Å². The molecule has 0 N–H and O–H groups in total. The fourth-order valence-electron chi connectivity index (χ4n) is 2.94. The van der Waals surface area contributed by atoms with E-state index in [0.29, 0.717) is 45.8 Å². The molecule has 0 radical (unpaired) electrons. The fraction of sp³-hybridized carbons (Fsp3) is 0.200. The number of hydrogen-bond acceptors (Lipinski definition) is 7. The first kappa shape index (κ1) is 19.7. The summed E-state index contributed by atoms with van der Waals surface area (Å²) in [6.07, 6.45) is 0. The largest absolute Gasteiger partial charge is 0.496 e. The highest BCUT2D eigenvalue weighted by atomic mass is 79.9. The Morgan fingerprint density at radius 1 is 1.21 bits per heavy atom. The minimum atomic E-state index is -0.0680. The Labute approximate surface area is 179 Å². The van der Waals surface area contributed by atoms with E-state index in [0.717, 1.165) is 10.0 Å². The number of nitrogens with zero attached hydrogens (tertiary/aromatic N) is 4. The van der Waals surface area contributed by atoms with Crippen molar-refractivity contribution in [1.29, 1.82) is 0 Å². The molecule has 0 amide bonds. The molecule has 0 atom stereocenters. The van der Waals surface area contributed by atoms with E-state index in [2.05, 4.69) is 31.1 Å². The molecule has 2 aromatic heterocycles. The lowest BCUT2D eigenvalue weighted by Crippen LogP contribution is -2.22. The lowest BCUT2D eigenvalue weighted by atomic mass is 10.2. The summed E-state index contributed by atoms with van der Waals surface area (Å²) in [5, 5.41) is 5.25. The van der Waals surface area contributed by atoms with Crippen molar-refractivity contribution in [2.75, 3.05) is 7.11 Å². The number of aromatic nitrogens is 4. The zero-order valence-electron chi connectivity index (χ0n) is 15.8. The number of para-hydroxylation sites is 1. The molecule has 0 aliphatic heterocycles. The van der Waals surface area contributed by atoms with Gasteiger partial charge in [-0.05, 0) is 37.3 Å². The van der Waals surface area contributed by atoms with Crippen LogP contribution < -0.4 is 10.3 Å². The first-order valence-electron chi connectivity index (χ1n) is 8.89. The SMILES string of the molecule is CCn1c(SCc2nc(-c3ccccc3OC)no2)nc2ccc(Br)cc2c1=O. The van der Waals surface area contributed by atoms with E-state index in [-0.39, 0.29) is 5.56 Å². The molecule has 4 aromatic rings. The molecule has 9 heteroatoms. The number of hydrogen-bond donors (Lipinski definition) is 0. The van der Waals surface area contributed by atoms with Gasteiger partial charge in [0, 0.05) is 11.0 Å². The smallest absolute Gasteiger partial charge is 0.262 e. The van der Waals surface area contributed by atoms with Gasteiger partial charge in [-0.25, -0.2) is 4.98 Å². The van der Waals surface area contributed by atoms with Crippen LogP contribution >= 0.6 is 27.7 Å². The van der Waals surface area contributed by atoms with Gasteiger partial charge < -0.3 is 9.26 Å². The topological polar surface area (TPSA) is 83.0 Å². The summed E-state index contributed by atoms with van der Waals surface area (Å²) >= 11 is 4.80. The summed E-state index contributed by atoms with van der Waals surface area (Å²) in [6, 6.07) is 13.0. The number of halogens is 1. The minimum absolute atomic E-state index is 0.0680. The molecule has 148 valence electrons. The zero-order chi connectivity index (χ0) is 20.4. The molecule has 7 nitrogen and oxygen atoms in total. The average Bonchev–Trinajstić information content (AvgIpc) is 3.21. The summed E-state index contributed by atoms with van der Waals surface area (Å²) in [5.74, 6) is 1.98. The lowest BCUT2D eigenvalue weighted by Gasteiger charge is -2.10.